The number of nitrogens with zero attached hydrogens (tertiary/aromatic N) is 4. The molecule has 1 aromatic carbocycles. The normalized spacial score (nSPS) is 10.4. The van der Waals surface area contributed by atoms with Gasteiger partial charge < -0.3 is 9.63 Å². The summed E-state index contributed by atoms with van der Waals surface area (Å²) in [4.78, 5) is 23.3. The molecule has 0 unspecified atom stereocenters. The van der Waals surface area contributed by atoms with Gasteiger partial charge in [0.25, 0.3) is 5.89 Å². The molecule has 0 spiro atoms. The second kappa shape index (κ2) is 4.88. The molecule has 2 aromatic heterocycles. The second-order valence-corrected chi connectivity index (χ2v) is 3.86. The molecule has 7 heteroatoms. The van der Waals surface area contributed by atoms with E-state index in [9.17, 15) is 4.79 Å². The van der Waals surface area contributed by atoms with Crippen LogP contribution in [0.3, 0.4) is 0 Å². The van der Waals surface area contributed by atoms with Gasteiger partial charge in [-0.25, -0.2) is 9.78 Å². The molecule has 20 heavy (non-hydrogen) atoms. The van der Waals surface area contributed by atoms with Gasteiger partial charge in [-0.15, -0.1) is 0 Å². The lowest BCUT2D eigenvalue weighted by atomic mass is 10.1. The summed E-state index contributed by atoms with van der Waals surface area (Å²) in [5.74, 6) is -0.670. The van der Waals surface area contributed by atoms with Crippen molar-refractivity contribution in [3.05, 3.63) is 48.4 Å². The molecule has 98 valence electrons. The fourth-order valence-electron chi connectivity index (χ4n) is 1.71. The average molecular weight is 268 g/mol. The number of aromatic carboxylic acids is 1. The molecule has 0 atom stereocenters. The highest BCUT2D eigenvalue weighted by molar-refractivity contribution is 5.94. The first kappa shape index (κ1) is 12.0. The Labute approximate surface area is 112 Å². The standard InChI is InChI=1S/C13H8N4O3/c18-13(19)9-4-2-1-3-8(9)12-16-11(17-20-12)10-7-14-5-6-15-10/h1-7H,(H,18,19). The summed E-state index contributed by atoms with van der Waals surface area (Å²) < 4.78 is 5.10. The molecule has 1 N–H and O–H groups in total. The van der Waals surface area contributed by atoms with Crippen LogP contribution in [0.5, 0.6) is 0 Å². The molecule has 0 aliphatic rings. The van der Waals surface area contributed by atoms with Gasteiger partial charge >= 0.3 is 5.97 Å². The minimum atomic E-state index is -1.06. The fourth-order valence-corrected chi connectivity index (χ4v) is 1.71. The van der Waals surface area contributed by atoms with Crippen molar-refractivity contribution >= 4 is 5.97 Å². The van der Waals surface area contributed by atoms with Crippen molar-refractivity contribution < 1.29 is 14.4 Å². The van der Waals surface area contributed by atoms with E-state index in [1.165, 1.54) is 24.7 Å². The first-order chi connectivity index (χ1) is 9.75. The number of aromatic nitrogens is 4. The molecule has 0 bridgehead atoms. The minimum absolute atomic E-state index is 0.0989. The van der Waals surface area contributed by atoms with E-state index in [1.807, 2.05) is 0 Å². The highest BCUT2D eigenvalue weighted by Gasteiger charge is 2.17. The van der Waals surface area contributed by atoms with Crippen LogP contribution >= 0.6 is 0 Å². The first-order valence-electron chi connectivity index (χ1n) is 5.68. The third-order valence-electron chi connectivity index (χ3n) is 2.61. The Kier molecular flexibility index (Phi) is 2.92. The van der Waals surface area contributed by atoms with E-state index in [2.05, 4.69) is 20.1 Å². The van der Waals surface area contributed by atoms with Gasteiger partial charge in [-0.05, 0) is 12.1 Å². The number of carbonyl (C=O) groups is 1. The average Bonchev–Trinajstić information content (AvgIpc) is 2.98. The monoisotopic (exact) mass is 268 g/mol. The van der Waals surface area contributed by atoms with Gasteiger partial charge in [-0.2, -0.15) is 4.98 Å². The van der Waals surface area contributed by atoms with E-state index in [1.54, 1.807) is 18.2 Å². The maximum Gasteiger partial charge on any atom is 0.336 e. The van der Waals surface area contributed by atoms with Crippen LogP contribution in [0, 0.1) is 0 Å². The predicted molar refractivity (Wildman–Crippen MR) is 67.7 cm³/mol. The summed E-state index contributed by atoms with van der Waals surface area (Å²) in [7, 11) is 0. The maximum atomic E-state index is 11.2. The number of benzene rings is 1. The van der Waals surface area contributed by atoms with Gasteiger partial charge in [0.05, 0.1) is 17.3 Å². The highest BCUT2D eigenvalue weighted by Crippen LogP contribution is 2.24. The SMILES string of the molecule is O=C(O)c1ccccc1-c1nc(-c2cnccn2)no1. The zero-order valence-corrected chi connectivity index (χ0v) is 10.1. The number of carboxylic acid groups (broad SMARTS) is 1. The van der Waals surface area contributed by atoms with Crippen molar-refractivity contribution in [2.75, 3.05) is 0 Å². The summed E-state index contributed by atoms with van der Waals surface area (Å²) in [6.45, 7) is 0. The van der Waals surface area contributed by atoms with E-state index < -0.39 is 5.97 Å². The van der Waals surface area contributed by atoms with E-state index >= 15 is 0 Å². The number of hydrogen-bond acceptors (Lipinski definition) is 6. The van der Waals surface area contributed by atoms with Gasteiger partial charge in [-0.3, -0.25) is 4.98 Å². The Morgan fingerprint density at radius 1 is 1.20 bits per heavy atom. The van der Waals surface area contributed by atoms with Gasteiger partial charge in [0, 0.05) is 12.4 Å². The quantitative estimate of drug-likeness (QED) is 0.773. The van der Waals surface area contributed by atoms with E-state index in [0.29, 0.717) is 11.3 Å². The topological polar surface area (TPSA) is 102 Å². The smallest absolute Gasteiger partial charge is 0.336 e. The van der Waals surface area contributed by atoms with Crippen LogP contribution in [0.1, 0.15) is 10.4 Å². The lowest BCUT2D eigenvalue weighted by Crippen LogP contribution is -1.99. The lowest BCUT2D eigenvalue weighted by Gasteiger charge is -1.99. The first-order valence-corrected chi connectivity index (χ1v) is 5.68. The van der Waals surface area contributed by atoms with Gasteiger partial charge in [-0.1, -0.05) is 17.3 Å². The fraction of sp³-hybridized carbons (Fsp3) is 0. The largest absolute Gasteiger partial charge is 0.478 e. The van der Waals surface area contributed by atoms with Crippen LogP contribution in [0.25, 0.3) is 23.0 Å². The molecule has 0 saturated carbocycles. The van der Waals surface area contributed by atoms with Crippen LogP contribution in [-0.4, -0.2) is 31.2 Å². The molecule has 0 radical (unpaired) electrons. The van der Waals surface area contributed by atoms with E-state index in [0.717, 1.165) is 0 Å². The van der Waals surface area contributed by atoms with Crippen LogP contribution in [0.15, 0.2) is 47.4 Å². The van der Waals surface area contributed by atoms with Crippen molar-refractivity contribution in [3.8, 4) is 23.0 Å². The summed E-state index contributed by atoms with van der Waals surface area (Å²) in [6, 6.07) is 6.42. The van der Waals surface area contributed by atoms with Crippen molar-refractivity contribution in [1.82, 2.24) is 20.1 Å². The third-order valence-corrected chi connectivity index (χ3v) is 2.61. The summed E-state index contributed by atoms with van der Waals surface area (Å²) >= 11 is 0. The van der Waals surface area contributed by atoms with E-state index in [4.69, 9.17) is 9.63 Å². The van der Waals surface area contributed by atoms with Crippen LogP contribution in [0.2, 0.25) is 0 Å². The van der Waals surface area contributed by atoms with Gasteiger partial charge in [0.15, 0.2) is 0 Å². The van der Waals surface area contributed by atoms with Gasteiger partial charge in [0.1, 0.15) is 5.69 Å². The van der Waals surface area contributed by atoms with Crippen LogP contribution in [-0.2, 0) is 0 Å². The molecule has 0 saturated heterocycles. The molecule has 3 aromatic rings. The third kappa shape index (κ3) is 2.12. The zero-order chi connectivity index (χ0) is 13.9. The lowest BCUT2D eigenvalue weighted by molar-refractivity contribution is 0.0697. The molecule has 3 rings (SSSR count). The molecular formula is C13H8N4O3. The molecule has 2 heterocycles. The van der Waals surface area contributed by atoms with Crippen molar-refractivity contribution in [3.63, 3.8) is 0 Å². The Morgan fingerprint density at radius 2 is 2.05 bits per heavy atom. The molecule has 0 aliphatic carbocycles. The summed E-state index contributed by atoms with van der Waals surface area (Å²) in [6.07, 6.45) is 4.54. The Hall–Kier alpha value is -3.09. The molecule has 0 fully saturated rings. The molecular weight excluding hydrogens is 260 g/mol. The number of hydrogen-bond donors (Lipinski definition) is 1. The molecule has 0 aliphatic heterocycles. The maximum absolute atomic E-state index is 11.2. The van der Waals surface area contributed by atoms with E-state index in [-0.39, 0.29) is 17.3 Å². The second-order valence-electron chi connectivity index (χ2n) is 3.86. The van der Waals surface area contributed by atoms with Crippen molar-refractivity contribution in [1.29, 1.82) is 0 Å². The van der Waals surface area contributed by atoms with Crippen molar-refractivity contribution in [2.45, 2.75) is 0 Å². The minimum Gasteiger partial charge on any atom is -0.478 e. The summed E-state index contributed by atoms with van der Waals surface area (Å²) in [5.41, 5.74) is 0.916. The summed E-state index contributed by atoms with van der Waals surface area (Å²) in [5, 5.41) is 12.9. The van der Waals surface area contributed by atoms with Crippen molar-refractivity contribution in [2.24, 2.45) is 0 Å². The Bertz CT molecular complexity index is 755. The number of carboxylic acids is 1. The zero-order valence-electron chi connectivity index (χ0n) is 10.1. The van der Waals surface area contributed by atoms with Crippen LogP contribution in [0.4, 0.5) is 0 Å². The van der Waals surface area contributed by atoms with Gasteiger partial charge in [0.2, 0.25) is 5.82 Å². The Morgan fingerprint density at radius 3 is 2.80 bits per heavy atom. The highest BCUT2D eigenvalue weighted by atomic mass is 16.5. The number of rotatable bonds is 3. The molecule has 0 amide bonds. The van der Waals surface area contributed by atoms with Crippen LogP contribution < -0.4 is 0 Å². The predicted octanol–water partition coefficient (Wildman–Crippen LogP) is 1.89. The Balaban J connectivity index is 2.05. The molecule has 7 nitrogen and oxygen atoms in total.